The minimum absolute atomic E-state index is 0.171. The highest BCUT2D eigenvalue weighted by Crippen LogP contribution is 2.45. The van der Waals surface area contributed by atoms with Gasteiger partial charge in [-0.25, -0.2) is 0 Å². The highest BCUT2D eigenvalue weighted by Gasteiger charge is 2.62. The van der Waals surface area contributed by atoms with Crippen LogP contribution in [0.4, 0.5) is 13.2 Å². The maximum Gasteiger partial charge on any atom is 0.404 e. The second-order valence-corrected chi connectivity index (χ2v) is 4.96. The summed E-state index contributed by atoms with van der Waals surface area (Å²) in [7, 11) is 1.32. The molecule has 0 amide bonds. The van der Waals surface area contributed by atoms with Crippen molar-refractivity contribution in [2.24, 2.45) is 5.92 Å². The van der Waals surface area contributed by atoms with Crippen molar-refractivity contribution in [1.29, 1.82) is 0 Å². The van der Waals surface area contributed by atoms with E-state index in [4.69, 9.17) is 4.74 Å². The molecular formula is C11H16F3NO3. The Hall–Kier alpha value is -0.660. The van der Waals surface area contributed by atoms with E-state index < -0.39 is 30.3 Å². The molecule has 0 spiro atoms. The first-order chi connectivity index (χ1) is 8.36. The monoisotopic (exact) mass is 267 g/mol. The normalized spacial score (nSPS) is 40.3. The Balaban J connectivity index is 2.37. The fraction of sp³-hybridized carbons (Fsp3) is 0.909. The highest BCUT2D eigenvalue weighted by molar-refractivity contribution is 5.92. The van der Waals surface area contributed by atoms with Crippen LogP contribution in [0.5, 0.6) is 0 Å². The summed E-state index contributed by atoms with van der Waals surface area (Å²) in [5.74, 6) is -0.942. The van der Waals surface area contributed by atoms with E-state index in [1.165, 1.54) is 7.11 Å². The van der Waals surface area contributed by atoms with Crippen LogP contribution in [0.15, 0.2) is 0 Å². The predicted molar refractivity (Wildman–Crippen MR) is 56.0 cm³/mol. The minimum Gasteiger partial charge on any atom is -0.394 e. The average Bonchev–Trinajstić information content (AvgIpc) is 2.32. The van der Waals surface area contributed by atoms with Crippen LogP contribution < -0.4 is 0 Å². The van der Waals surface area contributed by atoms with Gasteiger partial charge in [0, 0.05) is 19.6 Å². The van der Waals surface area contributed by atoms with Gasteiger partial charge in [-0.2, -0.15) is 13.2 Å². The molecule has 4 nitrogen and oxygen atoms in total. The number of halogens is 3. The van der Waals surface area contributed by atoms with E-state index in [0.29, 0.717) is 6.42 Å². The Morgan fingerprint density at radius 1 is 1.56 bits per heavy atom. The first-order valence-electron chi connectivity index (χ1n) is 5.84. The molecule has 7 heteroatoms. The number of hydrogen-bond acceptors (Lipinski definition) is 4. The molecule has 3 saturated heterocycles. The van der Waals surface area contributed by atoms with E-state index >= 15 is 0 Å². The number of alkyl halides is 3. The summed E-state index contributed by atoms with van der Waals surface area (Å²) in [6, 6.07) is -1.66. The number of Topliss-reactive ketones (excluding diaryl/α,β-unsaturated/α-hetero) is 1. The minimum atomic E-state index is -4.38. The number of hydrogen-bond donors (Lipinski definition) is 1. The maximum atomic E-state index is 13.0. The number of aliphatic hydroxyl groups excluding tert-OH is 1. The van der Waals surface area contributed by atoms with Gasteiger partial charge in [0.2, 0.25) is 0 Å². The standard InChI is InChI=1S/C11H16F3NO3/c1-18-6-10(5-16)9(17)7-2-3-15(10)8(4-7)11(12,13)14/h7-8,16H,2-6H2,1H3/t7-,8-,10-/m0/s1. The van der Waals surface area contributed by atoms with Gasteiger partial charge in [-0.1, -0.05) is 0 Å². The second kappa shape index (κ2) is 4.47. The van der Waals surface area contributed by atoms with Crippen molar-refractivity contribution < 1.29 is 27.8 Å². The van der Waals surface area contributed by atoms with Gasteiger partial charge in [-0.15, -0.1) is 0 Å². The lowest BCUT2D eigenvalue weighted by Crippen LogP contribution is -2.74. The number of methoxy groups -OCH3 is 1. The molecule has 1 N–H and O–H groups in total. The van der Waals surface area contributed by atoms with E-state index in [0.717, 1.165) is 4.90 Å². The number of rotatable bonds is 3. The summed E-state index contributed by atoms with van der Waals surface area (Å²) in [5, 5.41) is 9.44. The summed E-state index contributed by atoms with van der Waals surface area (Å²) >= 11 is 0. The van der Waals surface area contributed by atoms with Crippen molar-refractivity contribution in [2.75, 3.05) is 26.9 Å². The van der Waals surface area contributed by atoms with Crippen LogP contribution in [0, 0.1) is 5.92 Å². The number of ether oxygens (including phenoxy) is 1. The Kier molecular flexibility index (Phi) is 3.42. The molecule has 2 bridgehead atoms. The molecule has 0 aliphatic carbocycles. The third-order valence-electron chi connectivity index (χ3n) is 4.00. The lowest BCUT2D eigenvalue weighted by Gasteiger charge is -2.55. The molecule has 3 rings (SSSR count). The molecule has 0 saturated carbocycles. The van der Waals surface area contributed by atoms with E-state index in [2.05, 4.69) is 0 Å². The highest BCUT2D eigenvalue weighted by atomic mass is 19.4. The molecule has 104 valence electrons. The topological polar surface area (TPSA) is 49.8 Å². The van der Waals surface area contributed by atoms with Crippen molar-refractivity contribution in [3.63, 3.8) is 0 Å². The fourth-order valence-electron chi connectivity index (χ4n) is 3.15. The number of piperidine rings is 3. The van der Waals surface area contributed by atoms with Gasteiger partial charge >= 0.3 is 6.18 Å². The summed E-state index contributed by atoms with van der Waals surface area (Å²) in [6.45, 7) is -0.668. The SMILES string of the molecule is COC[C@@]1(CO)C(=O)[C@H]2CCN1[C@H](C(F)(F)F)C2. The van der Waals surface area contributed by atoms with Crippen LogP contribution in [0.2, 0.25) is 0 Å². The zero-order valence-corrected chi connectivity index (χ0v) is 10.0. The largest absolute Gasteiger partial charge is 0.404 e. The molecule has 3 aliphatic rings. The van der Waals surface area contributed by atoms with Crippen LogP contribution in [-0.4, -0.2) is 60.4 Å². The van der Waals surface area contributed by atoms with Gasteiger partial charge < -0.3 is 9.84 Å². The van der Waals surface area contributed by atoms with Crippen LogP contribution in [0.1, 0.15) is 12.8 Å². The van der Waals surface area contributed by atoms with Gasteiger partial charge in [-0.3, -0.25) is 9.69 Å². The molecule has 0 aromatic carbocycles. The molecule has 18 heavy (non-hydrogen) atoms. The Labute approximate surface area is 103 Å². The third kappa shape index (κ3) is 1.85. The van der Waals surface area contributed by atoms with Gasteiger partial charge in [0.05, 0.1) is 13.2 Å². The van der Waals surface area contributed by atoms with Gasteiger partial charge in [0.25, 0.3) is 0 Å². The van der Waals surface area contributed by atoms with Crippen LogP contribution in [-0.2, 0) is 9.53 Å². The van der Waals surface area contributed by atoms with Gasteiger partial charge in [-0.05, 0) is 12.8 Å². The molecule has 4 atom stereocenters. The Morgan fingerprint density at radius 2 is 2.22 bits per heavy atom. The molecule has 3 heterocycles. The van der Waals surface area contributed by atoms with Crippen molar-refractivity contribution in [3.8, 4) is 0 Å². The van der Waals surface area contributed by atoms with Crippen molar-refractivity contribution in [1.82, 2.24) is 4.90 Å². The van der Waals surface area contributed by atoms with Crippen molar-refractivity contribution in [3.05, 3.63) is 0 Å². The fourth-order valence-corrected chi connectivity index (χ4v) is 3.15. The van der Waals surface area contributed by atoms with Crippen molar-refractivity contribution in [2.45, 2.75) is 30.6 Å². The number of ketones is 1. The average molecular weight is 267 g/mol. The Morgan fingerprint density at radius 3 is 2.72 bits per heavy atom. The summed E-state index contributed by atoms with van der Waals surface area (Å²) in [6.07, 6.45) is -4.15. The zero-order valence-electron chi connectivity index (χ0n) is 10.0. The van der Waals surface area contributed by atoms with Crippen molar-refractivity contribution >= 4 is 5.78 Å². The molecule has 3 aliphatic heterocycles. The summed E-state index contributed by atoms with van der Waals surface area (Å²) < 4.78 is 43.8. The number of carbonyl (C=O) groups is 1. The second-order valence-electron chi connectivity index (χ2n) is 4.96. The van der Waals surface area contributed by atoms with E-state index in [1.54, 1.807) is 0 Å². The first-order valence-corrected chi connectivity index (χ1v) is 5.84. The lowest BCUT2D eigenvalue weighted by atomic mass is 9.70. The summed E-state index contributed by atoms with van der Waals surface area (Å²) in [5.41, 5.74) is -1.52. The number of fused-ring (bicyclic) bond motifs is 3. The molecule has 0 radical (unpaired) electrons. The first kappa shape index (κ1) is 13.8. The summed E-state index contributed by atoms with van der Waals surface area (Å²) in [4.78, 5) is 13.2. The maximum absolute atomic E-state index is 13.0. The van der Waals surface area contributed by atoms with E-state index in [-0.39, 0.29) is 25.4 Å². The molecule has 0 aromatic heterocycles. The number of carbonyl (C=O) groups excluding carboxylic acids is 1. The number of nitrogens with zero attached hydrogens (tertiary/aromatic N) is 1. The third-order valence-corrected chi connectivity index (χ3v) is 4.00. The van der Waals surface area contributed by atoms with Gasteiger partial charge in [0.15, 0.2) is 5.78 Å². The smallest absolute Gasteiger partial charge is 0.394 e. The molecular weight excluding hydrogens is 251 g/mol. The quantitative estimate of drug-likeness (QED) is 0.813. The Bertz CT molecular complexity index is 347. The van der Waals surface area contributed by atoms with Gasteiger partial charge in [0.1, 0.15) is 11.6 Å². The van der Waals surface area contributed by atoms with E-state index in [1.807, 2.05) is 0 Å². The zero-order chi connectivity index (χ0) is 13.6. The predicted octanol–water partition coefficient (Wildman–Crippen LogP) is 0.590. The molecule has 1 unspecified atom stereocenters. The molecule has 3 fully saturated rings. The lowest BCUT2D eigenvalue weighted by molar-refractivity contribution is -0.234. The van der Waals surface area contributed by atoms with Crippen LogP contribution >= 0.6 is 0 Å². The van der Waals surface area contributed by atoms with Crippen LogP contribution in [0.25, 0.3) is 0 Å². The molecule has 0 aromatic rings. The van der Waals surface area contributed by atoms with E-state index in [9.17, 15) is 23.1 Å². The van der Waals surface area contributed by atoms with Crippen LogP contribution in [0.3, 0.4) is 0 Å². The number of aliphatic hydroxyl groups is 1.